The number of hydrogen-bond acceptors (Lipinski definition) is 4. The Bertz CT molecular complexity index is 532. The van der Waals surface area contributed by atoms with Crippen molar-refractivity contribution in [1.82, 2.24) is 9.78 Å². The van der Waals surface area contributed by atoms with Crippen LogP contribution in [0.4, 0.5) is 5.82 Å². The van der Waals surface area contributed by atoms with Crippen LogP contribution in [0.25, 0.3) is 0 Å². The van der Waals surface area contributed by atoms with Gasteiger partial charge in [-0.25, -0.2) is 4.68 Å². The number of hydrogen-bond donors (Lipinski definition) is 1. The molecule has 96 valence electrons. The minimum atomic E-state index is 0.443. The van der Waals surface area contributed by atoms with Gasteiger partial charge in [-0.15, -0.1) is 0 Å². The monoisotopic (exact) mass is 267 g/mol. The Morgan fingerprint density at radius 2 is 1.83 bits per heavy atom. The number of ether oxygens (including phenoxy) is 2. The number of nitrogens with zero attached hydrogens (tertiary/aromatic N) is 2. The zero-order valence-corrected chi connectivity index (χ0v) is 10.9. The average molecular weight is 268 g/mol. The molecule has 5 nitrogen and oxygen atoms in total. The first-order valence-electron chi connectivity index (χ1n) is 5.32. The van der Waals surface area contributed by atoms with Crippen LogP contribution in [-0.2, 0) is 6.54 Å². The summed E-state index contributed by atoms with van der Waals surface area (Å²) < 4.78 is 12.0. The maximum atomic E-state index is 5.86. The second-order valence-electron chi connectivity index (χ2n) is 3.76. The molecule has 0 radical (unpaired) electrons. The van der Waals surface area contributed by atoms with Crippen molar-refractivity contribution < 1.29 is 9.47 Å². The van der Waals surface area contributed by atoms with Gasteiger partial charge in [0.05, 0.1) is 27.0 Å². The lowest BCUT2D eigenvalue weighted by Crippen LogP contribution is -2.06. The van der Waals surface area contributed by atoms with E-state index < -0.39 is 0 Å². The lowest BCUT2D eigenvalue weighted by atomic mass is 10.2. The molecule has 0 aliphatic heterocycles. The normalized spacial score (nSPS) is 10.4. The second kappa shape index (κ2) is 5.18. The van der Waals surface area contributed by atoms with Crippen molar-refractivity contribution in [3.8, 4) is 11.5 Å². The minimum Gasteiger partial charge on any atom is -0.497 e. The summed E-state index contributed by atoms with van der Waals surface area (Å²) in [5.74, 6) is 1.89. The predicted octanol–water partition coefficient (Wildman–Crippen LogP) is 2.18. The van der Waals surface area contributed by atoms with Crippen LogP contribution in [0.5, 0.6) is 11.5 Å². The molecule has 0 amide bonds. The number of methoxy groups -OCH3 is 2. The molecule has 1 heterocycles. The molecule has 0 unspecified atom stereocenters. The molecule has 1 aromatic heterocycles. The summed E-state index contributed by atoms with van der Waals surface area (Å²) in [5, 5.41) is 4.55. The number of anilines is 1. The summed E-state index contributed by atoms with van der Waals surface area (Å²) in [6.07, 6.45) is 1.52. The van der Waals surface area contributed by atoms with Crippen LogP contribution in [0.1, 0.15) is 5.56 Å². The largest absolute Gasteiger partial charge is 0.497 e. The molecule has 0 saturated carbocycles. The van der Waals surface area contributed by atoms with E-state index in [1.165, 1.54) is 6.20 Å². The summed E-state index contributed by atoms with van der Waals surface area (Å²) in [6.45, 7) is 0.506. The third-order valence-electron chi connectivity index (χ3n) is 2.58. The van der Waals surface area contributed by atoms with Crippen molar-refractivity contribution in [2.24, 2.45) is 0 Å². The molecular formula is C12H14ClN3O2. The molecule has 6 heteroatoms. The van der Waals surface area contributed by atoms with Crippen molar-refractivity contribution in [2.75, 3.05) is 20.0 Å². The first-order valence-corrected chi connectivity index (χ1v) is 5.70. The molecule has 2 aromatic rings. The first kappa shape index (κ1) is 12.6. The van der Waals surface area contributed by atoms with Crippen molar-refractivity contribution in [3.63, 3.8) is 0 Å². The van der Waals surface area contributed by atoms with E-state index in [1.54, 1.807) is 18.9 Å². The summed E-state index contributed by atoms with van der Waals surface area (Å²) in [6, 6.07) is 5.61. The van der Waals surface area contributed by atoms with Crippen LogP contribution >= 0.6 is 11.6 Å². The fraction of sp³-hybridized carbons (Fsp3) is 0.250. The Morgan fingerprint density at radius 3 is 2.28 bits per heavy atom. The van der Waals surface area contributed by atoms with E-state index in [4.69, 9.17) is 26.8 Å². The lowest BCUT2D eigenvalue weighted by molar-refractivity contribution is 0.393. The zero-order valence-electron chi connectivity index (χ0n) is 10.2. The van der Waals surface area contributed by atoms with Crippen molar-refractivity contribution in [2.45, 2.75) is 6.54 Å². The minimum absolute atomic E-state index is 0.443. The summed E-state index contributed by atoms with van der Waals surface area (Å²) >= 11 is 5.86. The molecule has 2 N–H and O–H groups in total. The van der Waals surface area contributed by atoms with Crippen molar-refractivity contribution in [3.05, 3.63) is 35.0 Å². The van der Waals surface area contributed by atoms with E-state index in [0.29, 0.717) is 17.4 Å². The molecule has 0 saturated heterocycles. The number of benzene rings is 1. The van der Waals surface area contributed by atoms with Gasteiger partial charge in [-0.3, -0.25) is 0 Å². The van der Waals surface area contributed by atoms with E-state index >= 15 is 0 Å². The Balaban J connectivity index is 2.31. The summed E-state index contributed by atoms with van der Waals surface area (Å²) in [7, 11) is 3.22. The molecule has 0 aliphatic rings. The molecule has 0 fully saturated rings. The number of halogens is 1. The van der Waals surface area contributed by atoms with E-state index in [1.807, 2.05) is 18.2 Å². The van der Waals surface area contributed by atoms with Crippen LogP contribution in [0.3, 0.4) is 0 Å². The fourth-order valence-corrected chi connectivity index (χ4v) is 1.77. The van der Waals surface area contributed by atoms with Gasteiger partial charge in [0, 0.05) is 6.07 Å². The third kappa shape index (κ3) is 2.51. The van der Waals surface area contributed by atoms with Gasteiger partial charge >= 0.3 is 0 Å². The van der Waals surface area contributed by atoms with Crippen molar-refractivity contribution >= 4 is 17.4 Å². The van der Waals surface area contributed by atoms with Crippen LogP contribution in [0.2, 0.25) is 5.02 Å². The van der Waals surface area contributed by atoms with Gasteiger partial charge in [-0.2, -0.15) is 5.10 Å². The van der Waals surface area contributed by atoms with Gasteiger partial charge in [-0.05, 0) is 17.7 Å². The van der Waals surface area contributed by atoms with Gasteiger partial charge in [-0.1, -0.05) is 11.6 Å². The third-order valence-corrected chi connectivity index (χ3v) is 2.87. The number of nitrogens with two attached hydrogens (primary N) is 1. The standard InChI is InChI=1S/C12H14ClN3O2/c1-17-9-3-8(4-10(5-9)18-2)7-16-12(14)11(13)6-15-16/h3-6H,7,14H2,1-2H3. The van der Waals surface area contributed by atoms with E-state index in [0.717, 1.165) is 17.1 Å². The molecule has 2 rings (SSSR count). The van der Waals surface area contributed by atoms with E-state index in [2.05, 4.69) is 5.10 Å². The molecular weight excluding hydrogens is 254 g/mol. The maximum Gasteiger partial charge on any atom is 0.140 e. The predicted molar refractivity (Wildman–Crippen MR) is 70.3 cm³/mol. The van der Waals surface area contributed by atoms with Gasteiger partial charge in [0.15, 0.2) is 0 Å². The van der Waals surface area contributed by atoms with Crippen LogP contribution in [-0.4, -0.2) is 24.0 Å². The van der Waals surface area contributed by atoms with Crippen LogP contribution in [0, 0.1) is 0 Å². The Kier molecular flexibility index (Phi) is 3.62. The Labute approximate surface area is 110 Å². The Hall–Kier alpha value is -1.88. The number of rotatable bonds is 4. The average Bonchev–Trinajstić information content (AvgIpc) is 2.70. The smallest absolute Gasteiger partial charge is 0.140 e. The Morgan fingerprint density at radius 1 is 1.22 bits per heavy atom. The maximum absolute atomic E-state index is 5.86. The van der Waals surface area contributed by atoms with Gasteiger partial charge < -0.3 is 15.2 Å². The fourth-order valence-electron chi connectivity index (χ4n) is 1.63. The van der Waals surface area contributed by atoms with Gasteiger partial charge in [0.25, 0.3) is 0 Å². The first-order chi connectivity index (χ1) is 8.63. The van der Waals surface area contributed by atoms with Crippen LogP contribution in [0.15, 0.2) is 24.4 Å². The van der Waals surface area contributed by atoms with Crippen molar-refractivity contribution in [1.29, 1.82) is 0 Å². The number of nitrogen functional groups attached to an aromatic ring is 1. The topological polar surface area (TPSA) is 62.3 Å². The second-order valence-corrected chi connectivity index (χ2v) is 4.16. The molecule has 0 spiro atoms. The van der Waals surface area contributed by atoms with Gasteiger partial charge in [0.1, 0.15) is 22.3 Å². The lowest BCUT2D eigenvalue weighted by Gasteiger charge is -2.09. The summed E-state index contributed by atoms with van der Waals surface area (Å²) in [5.41, 5.74) is 6.77. The van der Waals surface area contributed by atoms with Crippen LogP contribution < -0.4 is 15.2 Å². The highest BCUT2D eigenvalue weighted by atomic mass is 35.5. The molecule has 0 atom stereocenters. The SMILES string of the molecule is COc1cc(Cn2ncc(Cl)c2N)cc(OC)c1. The molecule has 18 heavy (non-hydrogen) atoms. The highest BCUT2D eigenvalue weighted by molar-refractivity contribution is 6.32. The molecule has 1 aromatic carbocycles. The number of aromatic nitrogens is 2. The van der Waals surface area contributed by atoms with Gasteiger partial charge in [0.2, 0.25) is 0 Å². The zero-order chi connectivity index (χ0) is 13.1. The highest BCUT2D eigenvalue weighted by Gasteiger charge is 2.07. The highest BCUT2D eigenvalue weighted by Crippen LogP contribution is 2.24. The molecule has 0 bridgehead atoms. The van der Waals surface area contributed by atoms with E-state index in [9.17, 15) is 0 Å². The van der Waals surface area contributed by atoms with E-state index in [-0.39, 0.29) is 0 Å². The molecule has 0 aliphatic carbocycles. The quantitative estimate of drug-likeness (QED) is 0.922. The summed E-state index contributed by atoms with van der Waals surface area (Å²) in [4.78, 5) is 0.